The maximum atomic E-state index is 13.3. The molecule has 3 aromatic rings. The van der Waals surface area contributed by atoms with Crippen molar-refractivity contribution in [2.24, 2.45) is 0 Å². The summed E-state index contributed by atoms with van der Waals surface area (Å²) in [6, 6.07) is 17.8. The molecule has 0 unspecified atom stereocenters. The number of fused-ring (bicyclic) bond motifs is 5. The van der Waals surface area contributed by atoms with Gasteiger partial charge in [0.05, 0.1) is 26.4 Å². The molecule has 0 amide bonds. The molecule has 1 aromatic heterocycles. The first-order valence-corrected chi connectivity index (χ1v) is 14.6. The number of hydrogen-bond acceptors (Lipinski definition) is 6. The minimum absolute atomic E-state index is 0.106. The van der Waals surface area contributed by atoms with Crippen molar-refractivity contribution in [3.05, 3.63) is 70.9 Å². The summed E-state index contributed by atoms with van der Waals surface area (Å²) in [5.74, 6) is 0.345. The van der Waals surface area contributed by atoms with Crippen molar-refractivity contribution in [1.29, 1.82) is 0 Å². The number of benzene rings is 2. The van der Waals surface area contributed by atoms with Crippen LogP contribution in [0.5, 0.6) is 0 Å². The minimum atomic E-state index is -0.309. The first kappa shape index (κ1) is 26.5. The normalized spacial score (nSPS) is 25.9. The predicted octanol–water partition coefficient (Wildman–Crippen LogP) is 4.56. The smallest absolute Gasteiger partial charge is 0.323 e. The molecule has 2 aromatic carbocycles. The molecule has 3 aliphatic rings. The summed E-state index contributed by atoms with van der Waals surface area (Å²) in [6.07, 6.45) is 2.58. The number of aromatic amines is 1. The molecule has 39 heavy (non-hydrogen) atoms. The monoisotopic (exact) mass is 530 g/mol. The standard InChI is InChI=1S/C32H42N4O3/c1-21(2)22-8-10-23(11-9-22)28-18-24(33-12-13-35-14-16-39-17-15-35)19-29-31-26(20-30(36(28)29)32(37)38-3)25-6-4-5-7-27(25)34-31/h4-11,21,24,28-30,33-34H,12-20H2,1-3H3/t24-,28+,29-,30+/m1/s1. The number of piperidine rings is 1. The van der Waals surface area contributed by atoms with Gasteiger partial charge in [-0.05, 0) is 41.5 Å². The van der Waals surface area contributed by atoms with Crippen molar-refractivity contribution in [3.63, 3.8) is 0 Å². The number of para-hydroxylation sites is 1. The average molecular weight is 531 g/mol. The fourth-order valence-electron chi connectivity index (χ4n) is 6.99. The van der Waals surface area contributed by atoms with Gasteiger partial charge < -0.3 is 19.8 Å². The summed E-state index contributed by atoms with van der Waals surface area (Å²) in [6.45, 7) is 10.1. The fraction of sp³-hybridized carbons (Fsp3) is 0.531. The zero-order valence-corrected chi connectivity index (χ0v) is 23.5. The number of ether oxygens (including phenoxy) is 2. The van der Waals surface area contributed by atoms with E-state index in [0.29, 0.717) is 18.4 Å². The van der Waals surface area contributed by atoms with E-state index in [2.05, 4.69) is 82.5 Å². The molecule has 2 N–H and O–H groups in total. The Bertz CT molecular complexity index is 1280. The van der Waals surface area contributed by atoms with E-state index in [4.69, 9.17) is 9.47 Å². The van der Waals surface area contributed by atoms with Crippen LogP contribution in [-0.4, -0.2) is 79.3 Å². The number of esters is 1. The third kappa shape index (κ3) is 5.25. The van der Waals surface area contributed by atoms with Gasteiger partial charge in [0.25, 0.3) is 0 Å². The molecule has 2 saturated heterocycles. The number of H-pyrrole nitrogens is 1. The summed E-state index contributed by atoms with van der Waals surface area (Å²) in [5, 5.41) is 5.14. The van der Waals surface area contributed by atoms with Crippen molar-refractivity contribution >= 4 is 16.9 Å². The summed E-state index contributed by atoms with van der Waals surface area (Å²) in [4.78, 5) is 22.1. The first-order valence-electron chi connectivity index (χ1n) is 14.6. The van der Waals surface area contributed by atoms with E-state index in [1.807, 2.05) is 0 Å². The third-order valence-corrected chi connectivity index (χ3v) is 9.10. The van der Waals surface area contributed by atoms with Crippen LogP contribution in [0.3, 0.4) is 0 Å². The van der Waals surface area contributed by atoms with Gasteiger partial charge in [0.2, 0.25) is 0 Å². The second-order valence-electron chi connectivity index (χ2n) is 11.7. The van der Waals surface area contributed by atoms with Gasteiger partial charge >= 0.3 is 5.97 Å². The number of nitrogens with one attached hydrogen (secondary N) is 2. The number of morpholine rings is 1. The topological polar surface area (TPSA) is 69.8 Å². The van der Waals surface area contributed by atoms with Crippen LogP contribution in [0.15, 0.2) is 48.5 Å². The fourth-order valence-corrected chi connectivity index (χ4v) is 6.99. The number of aromatic nitrogens is 1. The molecular formula is C32H42N4O3. The van der Waals surface area contributed by atoms with Gasteiger partial charge in [-0.2, -0.15) is 0 Å². The zero-order chi connectivity index (χ0) is 26.9. The van der Waals surface area contributed by atoms with Crippen LogP contribution in [0.2, 0.25) is 0 Å². The van der Waals surface area contributed by atoms with E-state index < -0.39 is 0 Å². The van der Waals surface area contributed by atoms with Gasteiger partial charge in [-0.1, -0.05) is 56.3 Å². The highest BCUT2D eigenvalue weighted by Gasteiger charge is 2.48. The number of carbonyl (C=O) groups is 1. The number of nitrogens with zero attached hydrogens (tertiary/aromatic N) is 2. The lowest BCUT2D eigenvalue weighted by molar-refractivity contribution is -0.152. The molecular weight excluding hydrogens is 488 g/mol. The molecule has 3 aliphatic heterocycles. The van der Waals surface area contributed by atoms with E-state index in [0.717, 1.165) is 57.8 Å². The lowest BCUT2D eigenvalue weighted by Crippen LogP contribution is -2.56. The molecule has 0 radical (unpaired) electrons. The largest absolute Gasteiger partial charge is 0.468 e. The average Bonchev–Trinajstić information content (AvgIpc) is 3.35. The lowest BCUT2D eigenvalue weighted by atomic mass is 9.79. The van der Waals surface area contributed by atoms with E-state index in [-0.39, 0.29) is 24.1 Å². The Morgan fingerprint density at radius 2 is 1.82 bits per heavy atom. The Morgan fingerprint density at radius 1 is 1.08 bits per heavy atom. The van der Waals surface area contributed by atoms with Crippen molar-refractivity contribution in [2.75, 3.05) is 46.5 Å². The molecule has 0 spiro atoms. The van der Waals surface area contributed by atoms with E-state index >= 15 is 0 Å². The van der Waals surface area contributed by atoms with Crippen LogP contribution in [-0.2, 0) is 20.7 Å². The van der Waals surface area contributed by atoms with Crippen molar-refractivity contribution in [3.8, 4) is 0 Å². The van der Waals surface area contributed by atoms with Crippen molar-refractivity contribution in [2.45, 2.75) is 63.2 Å². The highest BCUT2D eigenvalue weighted by Crippen LogP contribution is 2.49. The Balaban J connectivity index is 1.35. The molecule has 4 heterocycles. The van der Waals surface area contributed by atoms with Gasteiger partial charge in [0.1, 0.15) is 6.04 Å². The molecule has 0 saturated carbocycles. The van der Waals surface area contributed by atoms with Gasteiger partial charge in [-0.15, -0.1) is 0 Å². The van der Waals surface area contributed by atoms with Crippen LogP contribution in [0.4, 0.5) is 0 Å². The predicted molar refractivity (Wildman–Crippen MR) is 154 cm³/mol. The van der Waals surface area contributed by atoms with Crippen molar-refractivity contribution in [1.82, 2.24) is 20.1 Å². The van der Waals surface area contributed by atoms with E-state index in [1.54, 1.807) is 0 Å². The maximum Gasteiger partial charge on any atom is 0.323 e. The number of hydrogen-bond donors (Lipinski definition) is 2. The van der Waals surface area contributed by atoms with Gasteiger partial charge in [-0.3, -0.25) is 14.6 Å². The highest BCUT2D eigenvalue weighted by atomic mass is 16.5. The third-order valence-electron chi connectivity index (χ3n) is 9.10. The molecule has 208 valence electrons. The molecule has 7 nitrogen and oxygen atoms in total. The number of methoxy groups -OCH3 is 1. The summed E-state index contributed by atoms with van der Waals surface area (Å²) >= 11 is 0. The summed E-state index contributed by atoms with van der Waals surface area (Å²) in [5.41, 5.74) is 6.29. The number of carbonyl (C=O) groups excluding carboxylic acids is 1. The van der Waals surface area contributed by atoms with Crippen LogP contribution in [0, 0.1) is 0 Å². The first-order chi connectivity index (χ1) is 19.0. The molecule has 7 heteroatoms. The molecule has 4 atom stereocenters. The SMILES string of the molecule is COC(=O)[C@@H]1Cc2c([nH]c3ccccc23)[C@H]2C[C@H](NCCN3CCOCC3)C[C@@H](c3ccc(C(C)C)cc3)N21. The Hall–Kier alpha value is -2.71. The van der Waals surface area contributed by atoms with E-state index in [9.17, 15) is 4.79 Å². The Labute approximate surface area is 231 Å². The van der Waals surface area contributed by atoms with Crippen LogP contribution in [0.25, 0.3) is 10.9 Å². The van der Waals surface area contributed by atoms with Gasteiger partial charge in [-0.25, -0.2) is 0 Å². The molecule has 0 bridgehead atoms. The summed E-state index contributed by atoms with van der Waals surface area (Å²) < 4.78 is 10.9. The highest BCUT2D eigenvalue weighted by molar-refractivity contribution is 5.87. The van der Waals surface area contributed by atoms with Crippen molar-refractivity contribution < 1.29 is 14.3 Å². The molecule has 2 fully saturated rings. The van der Waals surface area contributed by atoms with Gasteiger partial charge in [0, 0.05) is 61.3 Å². The van der Waals surface area contributed by atoms with E-state index in [1.165, 1.54) is 34.9 Å². The van der Waals surface area contributed by atoms with Gasteiger partial charge in [0.15, 0.2) is 0 Å². The lowest BCUT2D eigenvalue weighted by Gasteiger charge is -2.51. The van der Waals surface area contributed by atoms with Crippen LogP contribution < -0.4 is 5.32 Å². The van der Waals surface area contributed by atoms with Crippen LogP contribution in [0.1, 0.15) is 67.1 Å². The quantitative estimate of drug-likeness (QED) is 0.437. The summed E-state index contributed by atoms with van der Waals surface area (Å²) in [7, 11) is 1.52. The second-order valence-corrected chi connectivity index (χ2v) is 11.7. The second kappa shape index (κ2) is 11.4. The maximum absolute atomic E-state index is 13.3. The Morgan fingerprint density at radius 3 is 2.56 bits per heavy atom. The zero-order valence-electron chi connectivity index (χ0n) is 23.5. The number of rotatable bonds is 7. The molecule has 6 rings (SSSR count). The van der Waals surface area contributed by atoms with Crippen LogP contribution >= 0.6 is 0 Å². The minimum Gasteiger partial charge on any atom is -0.468 e. The molecule has 0 aliphatic carbocycles. The Kier molecular flexibility index (Phi) is 7.76.